The SMILES string of the molecule is C=Cn1cc(CNC(CC(C)C)C(=O)NC)cn1. The number of nitrogens with one attached hydrogen (secondary N) is 2. The molecule has 0 aromatic carbocycles. The summed E-state index contributed by atoms with van der Waals surface area (Å²) in [7, 11) is 1.66. The highest BCUT2D eigenvalue weighted by Crippen LogP contribution is 2.06. The van der Waals surface area contributed by atoms with Crippen LogP contribution < -0.4 is 10.6 Å². The number of rotatable bonds is 7. The van der Waals surface area contributed by atoms with Crippen molar-refractivity contribution in [2.45, 2.75) is 32.9 Å². The Morgan fingerprint density at radius 1 is 1.61 bits per heavy atom. The third-order valence-corrected chi connectivity index (χ3v) is 2.66. The van der Waals surface area contributed by atoms with Crippen molar-refractivity contribution in [2.75, 3.05) is 7.05 Å². The molecule has 0 saturated heterocycles. The van der Waals surface area contributed by atoms with Gasteiger partial charge in [-0.3, -0.25) is 4.79 Å². The number of hydrogen-bond acceptors (Lipinski definition) is 3. The summed E-state index contributed by atoms with van der Waals surface area (Å²) in [6.07, 6.45) is 6.10. The largest absolute Gasteiger partial charge is 0.358 e. The first-order valence-corrected chi connectivity index (χ1v) is 6.17. The maximum atomic E-state index is 11.7. The van der Waals surface area contributed by atoms with E-state index in [1.165, 1.54) is 0 Å². The highest BCUT2D eigenvalue weighted by atomic mass is 16.2. The van der Waals surface area contributed by atoms with Crippen molar-refractivity contribution >= 4 is 12.1 Å². The van der Waals surface area contributed by atoms with E-state index in [9.17, 15) is 4.79 Å². The Balaban J connectivity index is 2.55. The molecular formula is C13H22N4O. The first kappa shape index (κ1) is 14.4. The lowest BCUT2D eigenvalue weighted by Crippen LogP contribution is -2.43. The van der Waals surface area contributed by atoms with Crippen molar-refractivity contribution in [3.63, 3.8) is 0 Å². The van der Waals surface area contributed by atoms with Gasteiger partial charge in [0.15, 0.2) is 0 Å². The molecule has 0 aliphatic carbocycles. The molecule has 0 aliphatic heterocycles. The molecule has 1 amide bonds. The van der Waals surface area contributed by atoms with Gasteiger partial charge in [0.05, 0.1) is 12.2 Å². The minimum atomic E-state index is -0.165. The molecule has 0 radical (unpaired) electrons. The molecule has 1 aromatic rings. The molecule has 0 fully saturated rings. The zero-order chi connectivity index (χ0) is 13.5. The van der Waals surface area contributed by atoms with E-state index in [1.807, 2.05) is 6.20 Å². The van der Waals surface area contributed by atoms with Crippen LogP contribution in [0.2, 0.25) is 0 Å². The van der Waals surface area contributed by atoms with Crippen LogP contribution in [0.25, 0.3) is 6.20 Å². The molecule has 1 rings (SSSR count). The Kier molecular flexibility index (Phi) is 5.58. The zero-order valence-electron chi connectivity index (χ0n) is 11.3. The molecule has 0 bridgehead atoms. The van der Waals surface area contributed by atoms with Gasteiger partial charge in [0.25, 0.3) is 0 Å². The summed E-state index contributed by atoms with van der Waals surface area (Å²) in [4.78, 5) is 11.7. The number of aromatic nitrogens is 2. The molecule has 100 valence electrons. The maximum absolute atomic E-state index is 11.7. The smallest absolute Gasteiger partial charge is 0.236 e. The van der Waals surface area contributed by atoms with Gasteiger partial charge in [0.1, 0.15) is 0 Å². The van der Waals surface area contributed by atoms with Gasteiger partial charge in [-0.25, -0.2) is 4.68 Å². The van der Waals surface area contributed by atoms with E-state index in [2.05, 4.69) is 36.2 Å². The van der Waals surface area contributed by atoms with Crippen LogP contribution in [0.5, 0.6) is 0 Å². The average Bonchev–Trinajstić information content (AvgIpc) is 2.81. The second kappa shape index (κ2) is 6.96. The number of nitrogens with zero attached hydrogens (tertiary/aromatic N) is 2. The second-order valence-electron chi connectivity index (χ2n) is 4.69. The maximum Gasteiger partial charge on any atom is 0.236 e. The second-order valence-corrected chi connectivity index (χ2v) is 4.69. The molecule has 1 heterocycles. The van der Waals surface area contributed by atoms with Crippen molar-refractivity contribution in [3.05, 3.63) is 24.5 Å². The third-order valence-electron chi connectivity index (χ3n) is 2.66. The lowest BCUT2D eigenvalue weighted by atomic mass is 10.0. The van der Waals surface area contributed by atoms with Crippen LogP contribution in [0.4, 0.5) is 0 Å². The molecule has 18 heavy (non-hydrogen) atoms. The highest BCUT2D eigenvalue weighted by molar-refractivity contribution is 5.81. The molecule has 1 unspecified atom stereocenters. The van der Waals surface area contributed by atoms with Crippen LogP contribution in [-0.4, -0.2) is 28.8 Å². The first-order valence-electron chi connectivity index (χ1n) is 6.17. The fourth-order valence-corrected chi connectivity index (χ4v) is 1.74. The number of carbonyl (C=O) groups excluding carboxylic acids is 1. The normalized spacial score (nSPS) is 12.4. The zero-order valence-corrected chi connectivity index (χ0v) is 11.3. The molecule has 0 aliphatic rings. The van der Waals surface area contributed by atoms with Gasteiger partial charge in [-0.05, 0) is 12.3 Å². The Morgan fingerprint density at radius 2 is 2.33 bits per heavy atom. The molecule has 1 atom stereocenters. The summed E-state index contributed by atoms with van der Waals surface area (Å²) >= 11 is 0. The van der Waals surface area contributed by atoms with Crippen LogP contribution in [0.15, 0.2) is 19.0 Å². The molecule has 0 saturated carbocycles. The van der Waals surface area contributed by atoms with Crippen molar-refractivity contribution < 1.29 is 4.79 Å². The Morgan fingerprint density at radius 3 is 2.83 bits per heavy atom. The summed E-state index contributed by atoms with van der Waals surface area (Å²) < 4.78 is 1.65. The van der Waals surface area contributed by atoms with Crippen molar-refractivity contribution in [3.8, 4) is 0 Å². The van der Waals surface area contributed by atoms with Gasteiger partial charge in [-0.2, -0.15) is 5.10 Å². The third kappa shape index (κ3) is 4.33. The Bertz CT molecular complexity index is 397. The molecule has 5 heteroatoms. The van der Waals surface area contributed by atoms with Gasteiger partial charge in [0, 0.05) is 31.6 Å². The fraction of sp³-hybridized carbons (Fsp3) is 0.538. The lowest BCUT2D eigenvalue weighted by molar-refractivity contribution is -0.123. The van der Waals surface area contributed by atoms with E-state index < -0.39 is 0 Å². The topological polar surface area (TPSA) is 59.0 Å². The van der Waals surface area contributed by atoms with Crippen molar-refractivity contribution in [2.24, 2.45) is 5.92 Å². The van der Waals surface area contributed by atoms with E-state index in [4.69, 9.17) is 0 Å². The average molecular weight is 250 g/mol. The van der Waals surface area contributed by atoms with Crippen LogP contribution >= 0.6 is 0 Å². The van der Waals surface area contributed by atoms with E-state index in [-0.39, 0.29) is 11.9 Å². The predicted molar refractivity (Wildman–Crippen MR) is 72.8 cm³/mol. The number of hydrogen-bond donors (Lipinski definition) is 2. The molecule has 1 aromatic heterocycles. The molecule has 2 N–H and O–H groups in total. The van der Waals surface area contributed by atoms with Crippen molar-refractivity contribution in [1.29, 1.82) is 0 Å². The van der Waals surface area contributed by atoms with Gasteiger partial charge in [-0.15, -0.1) is 0 Å². The highest BCUT2D eigenvalue weighted by Gasteiger charge is 2.17. The summed E-state index contributed by atoms with van der Waals surface area (Å²) in [5.74, 6) is 0.496. The quantitative estimate of drug-likeness (QED) is 0.765. The molecular weight excluding hydrogens is 228 g/mol. The van der Waals surface area contributed by atoms with Gasteiger partial charge < -0.3 is 10.6 Å². The van der Waals surface area contributed by atoms with Crippen LogP contribution in [0.3, 0.4) is 0 Å². The van der Waals surface area contributed by atoms with E-state index in [1.54, 1.807) is 24.1 Å². The predicted octanol–water partition coefficient (Wildman–Crippen LogP) is 1.23. The minimum absolute atomic E-state index is 0.0276. The molecule has 5 nitrogen and oxygen atoms in total. The van der Waals surface area contributed by atoms with E-state index in [0.29, 0.717) is 12.5 Å². The number of carbonyl (C=O) groups is 1. The monoisotopic (exact) mass is 250 g/mol. The number of amides is 1. The van der Waals surface area contributed by atoms with Crippen molar-refractivity contribution in [1.82, 2.24) is 20.4 Å². The Hall–Kier alpha value is -1.62. The van der Waals surface area contributed by atoms with Gasteiger partial charge in [0.2, 0.25) is 5.91 Å². The van der Waals surface area contributed by atoms with Gasteiger partial charge >= 0.3 is 0 Å². The standard InChI is InChI=1S/C13H22N4O/c1-5-17-9-11(8-16-17)7-15-12(6-10(2)3)13(18)14-4/h5,8-10,12,15H,1,6-7H2,2-4H3,(H,14,18). The van der Waals surface area contributed by atoms with Gasteiger partial charge in [-0.1, -0.05) is 20.4 Å². The Labute approximate surface area is 108 Å². The molecule has 0 spiro atoms. The van der Waals surface area contributed by atoms with Crippen LogP contribution in [-0.2, 0) is 11.3 Å². The minimum Gasteiger partial charge on any atom is -0.358 e. The van der Waals surface area contributed by atoms with Crippen LogP contribution in [0, 0.1) is 5.92 Å². The van der Waals surface area contributed by atoms with E-state index in [0.717, 1.165) is 12.0 Å². The summed E-state index contributed by atoms with van der Waals surface area (Å²) in [5, 5.41) is 10.0. The lowest BCUT2D eigenvalue weighted by Gasteiger charge is -2.18. The number of likely N-dealkylation sites (N-methyl/N-ethyl adjacent to an activating group) is 1. The summed E-state index contributed by atoms with van der Waals surface area (Å²) in [6.45, 7) is 8.47. The summed E-state index contributed by atoms with van der Waals surface area (Å²) in [6, 6.07) is -0.165. The van der Waals surface area contributed by atoms with Crippen LogP contribution in [0.1, 0.15) is 25.8 Å². The van der Waals surface area contributed by atoms with E-state index >= 15 is 0 Å². The first-order chi connectivity index (χ1) is 8.56. The fourth-order valence-electron chi connectivity index (χ4n) is 1.74. The summed E-state index contributed by atoms with van der Waals surface area (Å²) in [5.41, 5.74) is 1.03.